The van der Waals surface area contributed by atoms with E-state index in [9.17, 15) is 4.79 Å². The van der Waals surface area contributed by atoms with Crippen LogP contribution in [0.15, 0.2) is 48.8 Å². The molecule has 2 aromatic rings. The van der Waals surface area contributed by atoms with Gasteiger partial charge >= 0.3 is 0 Å². The maximum atomic E-state index is 13.8. The average molecular weight is 408 g/mol. The molecule has 2 atom stereocenters. The van der Waals surface area contributed by atoms with Crippen molar-refractivity contribution in [1.82, 2.24) is 14.8 Å². The highest BCUT2D eigenvalue weighted by molar-refractivity contribution is 5.88. The van der Waals surface area contributed by atoms with E-state index < -0.39 is 5.60 Å². The van der Waals surface area contributed by atoms with Gasteiger partial charge in [-0.05, 0) is 48.1 Å². The molecule has 0 radical (unpaired) electrons. The van der Waals surface area contributed by atoms with Crippen molar-refractivity contribution in [3.8, 4) is 5.75 Å². The van der Waals surface area contributed by atoms with Gasteiger partial charge in [0.1, 0.15) is 5.75 Å². The zero-order valence-electron chi connectivity index (χ0n) is 17.5. The van der Waals surface area contributed by atoms with Gasteiger partial charge in [0, 0.05) is 51.0 Å². The van der Waals surface area contributed by atoms with E-state index in [4.69, 9.17) is 9.47 Å². The van der Waals surface area contributed by atoms with Crippen LogP contribution in [0.4, 0.5) is 0 Å². The van der Waals surface area contributed by atoms with Crippen molar-refractivity contribution < 1.29 is 14.3 Å². The van der Waals surface area contributed by atoms with Crippen LogP contribution in [0.5, 0.6) is 5.75 Å². The van der Waals surface area contributed by atoms with Crippen molar-refractivity contribution in [1.29, 1.82) is 0 Å². The van der Waals surface area contributed by atoms with Crippen LogP contribution >= 0.6 is 0 Å². The van der Waals surface area contributed by atoms with E-state index in [1.807, 2.05) is 41.4 Å². The van der Waals surface area contributed by atoms with E-state index in [2.05, 4.69) is 16.0 Å². The van der Waals surface area contributed by atoms with Gasteiger partial charge < -0.3 is 14.4 Å². The van der Waals surface area contributed by atoms with Gasteiger partial charge in [0.25, 0.3) is 5.91 Å². The third-order valence-electron chi connectivity index (χ3n) is 6.66. The normalized spacial score (nSPS) is 27.0. The minimum atomic E-state index is -0.817. The molecule has 6 heteroatoms. The molecule has 158 valence electrons. The van der Waals surface area contributed by atoms with E-state index >= 15 is 0 Å². The number of pyridine rings is 1. The van der Waals surface area contributed by atoms with Crippen LogP contribution in [0, 0.1) is 5.92 Å². The zero-order chi connectivity index (χ0) is 20.6. The number of nitrogens with zero attached hydrogens (tertiary/aromatic N) is 3. The number of ether oxygens (including phenoxy) is 2. The molecule has 1 aromatic carbocycles. The Kier molecular flexibility index (Phi) is 5.21. The van der Waals surface area contributed by atoms with Gasteiger partial charge in [0.05, 0.1) is 13.7 Å². The molecule has 3 aliphatic rings. The second kappa shape index (κ2) is 8.00. The molecule has 6 nitrogen and oxygen atoms in total. The summed E-state index contributed by atoms with van der Waals surface area (Å²) in [6, 6.07) is 12.0. The molecule has 2 saturated heterocycles. The van der Waals surface area contributed by atoms with E-state index in [0.717, 1.165) is 35.9 Å². The molecule has 1 aliphatic carbocycles. The van der Waals surface area contributed by atoms with Crippen LogP contribution in [0.25, 0.3) is 0 Å². The van der Waals surface area contributed by atoms with Crippen molar-refractivity contribution in [2.75, 3.05) is 39.9 Å². The summed E-state index contributed by atoms with van der Waals surface area (Å²) < 4.78 is 11.6. The number of hydrogen-bond acceptors (Lipinski definition) is 5. The average Bonchev–Trinajstić information content (AvgIpc) is 3.52. The van der Waals surface area contributed by atoms with E-state index in [1.54, 1.807) is 13.3 Å². The lowest BCUT2D eigenvalue weighted by Gasteiger charge is -2.42. The van der Waals surface area contributed by atoms with Crippen molar-refractivity contribution in [3.63, 3.8) is 0 Å². The number of hydrogen-bond donors (Lipinski definition) is 0. The summed E-state index contributed by atoms with van der Waals surface area (Å²) in [5, 5.41) is 0. The largest absolute Gasteiger partial charge is 0.497 e. The lowest BCUT2D eigenvalue weighted by molar-refractivity contribution is -0.173. The van der Waals surface area contributed by atoms with Gasteiger partial charge in [0.2, 0.25) is 0 Å². The first-order valence-corrected chi connectivity index (χ1v) is 10.9. The van der Waals surface area contributed by atoms with Gasteiger partial charge in [0.15, 0.2) is 5.60 Å². The molecule has 0 unspecified atom stereocenters. The van der Waals surface area contributed by atoms with Crippen molar-refractivity contribution in [2.24, 2.45) is 5.92 Å². The Morgan fingerprint density at radius 2 is 2.07 bits per heavy atom. The number of morpholine rings is 1. The summed E-state index contributed by atoms with van der Waals surface area (Å²) in [4.78, 5) is 22.6. The first kappa shape index (κ1) is 19.5. The van der Waals surface area contributed by atoms with E-state index in [0.29, 0.717) is 26.2 Å². The Morgan fingerprint density at radius 3 is 2.77 bits per heavy atom. The Hall–Kier alpha value is -2.44. The summed E-state index contributed by atoms with van der Waals surface area (Å²) >= 11 is 0. The molecule has 1 spiro atoms. The number of methoxy groups -OCH3 is 1. The minimum Gasteiger partial charge on any atom is -0.497 e. The van der Waals surface area contributed by atoms with Crippen LogP contribution in [0.2, 0.25) is 0 Å². The molecule has 3 fully saturated rings. The Bertz CT molecular complexity index is 884. The van der Waals surface area contributed by atoms with Gasteiger partial charge in [-0.3, -0.25) is 14.7 Å². The predicted molar refractivity (Wildman–Crippen MR) is 113 cm³/mol. The standard InChI is InChI=1S/C24H29N3O3/c1-29-21-8-6-19(7-9-21)15-27-11-12-30-24(23(27)28)17-26(14-18-4-5-18)16-22(24)20-3-2-10-25-13-20/h2-3,6-10,13,18,22H,4-5,11-12,14-17H2,1H3/t22-,24-/m0/s1. The molecule has 1 amide bonds. The lowest BCUT2D eigenvalue weighted by Crippen LogP contribution is -2.60. The molecule has 1 saturated carbocycles. The first-order valence-electron chi connectivity index (χ1n) is 10.9. The van der Waals surface area contributed by atoms with Gasteiger partial charge in [-0.2, -0.15) is 0 Å². The molecule has 30 heavy (non-hydrogen) atoms. The summed E-state index contributed by atoms with van der Waals surface area (Å²) in [6.07, 6.45) is 6.29. The van der Waals surface area contributed by atoms with Gasteiger partial charge in [-0.1, -0.05) is 18.2 Å². The molecule has 3 heterocycles. The first-order chi connectivity index (χ1) is 14.7. The van der Waals surface area contributed by atoms with Crippen molar-refractivity contribution in [3.05, 3.63) is 59.9 Å². The third-order valence-corrected chi connectivity index (χ3v) is 6.66. The SMILES string of the molecule is COc1ccc(CN2CCO[C@]3(CN(CC4CC4)C[C@H]3c3cccnc3)C2=O)cc1. The van der Waals surface area contributed by atoms with Crippen LogP contribution in [-0.4, -0.2) is 66.2 Å². The summed E-state index contributed by atoms with van der Waals surface area (Å²) in [5.41, 5.74) is 1.38. The van der Waals surface area contributed by atoms with Crippen LogP contribution in [-0.2, 0) is 16.1 Å². The van der Waals surface area contributed by atoms with Crippen molar-refractivity contribution >= 4 is 5.91 Å². The molecule has 0 bridgehead atoms. The number of carbonyl (C=O) groups is 1. The topological polar surface area (TPSA) is 54.9 Å². The highest BCUT2D eigenvalue weighted by Gasteiger charge is 2.57. The predicted octanol–water partition coefficient (Wildman–Crippen LogP) is 2.70. The molecular formula is C24H29N3O3. The smallest absolute Gasteiger partial charge is 0.257 e. The molecule has 2 aliphatic heterocycles. The Balaban J connectivity index is 1.40. The second-order valence-electron chi connectivity index (χ2n) is 8.79. The monoisotopic (exact) mass is 407 g/mol. The number of benzene rings is 1. The second-order valence-corrected chi connectivity index (χ2v) is 8.79. The Labute approximate surface area is 177 Å². The fourth-order valence-corrected chi connectivity index (χ4v) is 4.91. The molecular weight excluding hydrogens is 378 g/mol. The van der Waals surface area contributed by atoms with Crippen LogP contribution < -0.4 is 4.74 Å². The van der Waals surface area contributed by atoms with Gasteiger partial charge in [-0.15, -0.1) is 0 Å². The summed E-state index contributed by atoms with van der Waals surface area (Å²) in [5.74, 6) is 1.73. The highest BCUT2D eigenvalue weighted by Crippen LogP contribution is 2.43. The fourth-order valence-electron chi connectivity index (χ4n) is 4.91. The van der Waals surface area contributed by atoms with E-state index in [-0.39, 0.29) is 11.8 Å². The Morgan fingerprint density at radius 1 is 1.23 bits per heavy atom. The molecule has 5 rings (SSSR count). The minimum absolute atomic E-state index is 0.0103. The van der Waals surface area contributed by atoms with Crippen LogP contribution in [0.1, 0.15) is 29.9 Å². The quantitative estimate of drug-likeness (QED) is 0.737. The highest BCUT2D eigenvalue weighted by atomic mass is 16.5. The summed E-state index contributed by atoms with van der Waals surface area (Å²) in [7, 11) is 1.66. The number of carbonyl (C=O) groups excluding carboxylic acids is 1. The number of rotatable bonds is 6. The van der Waals surface area contributed by atoms with Gasteiger partial charge in [-0.25, -0.2) is 0 Å². The third kappa shape index (κ3) is 3.70. The molecule has 0 N–H and O–H groups in total. The van der Waals surface area contributed by atoms with E-state index in [1.165, 1.54) is 12.8 Å². The zero-order valence-corrected chi connectivity index (χ0v) is 17.5. The maximum absolute atomic E-state index is 13.8. The maximum Gasteiger partial charge on any atom is 0.257 e. The number of likely N-dealkylation sites (tertiary alicyclic amines) is 1. The van der Waals surface area contributed by atoms with Crippen LogP contribution in [0.3, 0.4) is 0 Å². The number of amides is 1. The van der Waals surface area contributed by atoms with Crippen molar-refractivity contribution in [2.45, 2.75) is 30.9 Å². The fraction of sp³-hybridized carbons (Fsp3) is 0.500. The number of aromatic nitrogens is 1. The lowest BCUT2D eigenvalue weighted by atomic mass is 9.83. The molecule has 1 aromatic heterocycles. The summed E-state index contributed by atoms with van der Waals surface area (Å²) in [6.45, 7) is 4.36.